The molecule has 0 bridgehead atoms. The van der Waals surface area contributed by atoms with Crippen LogP contribution < -0.4 is 0 Å². The zero-order valence-corrected chi connectivity index (χ0v) is 19.9. The van der Waals surface area contributed by atoms with Crippen LogP contribution in [0.3, 0.4) is 0 Å². The number of carbonyl (C=O) groups excluding carboxylic acids is 1. The Kier molecular flexibility index (Phi) is 6.85. The molecule has 11 heteroatoms. The van der Waals surface area contributed by atoms with Crippen LogP contribution in [-0.2, 0) is 15.6 Å². The van der Waals surface area contributed by atoms with Crippen molar-refractivity contribution in [2.24, 2.45) is 0 Å². The highest BCUT2D eigenvalue weighted by Crippen LogP contribution is 2.27. The topological polar surface area (TPSA) is 99.8 Å². The molecule has 2 saturated heterocycles. The Labute approximate surface area is 193 Å². The van der Waals surface area contributed by atoms with Crippen molar-refractivity contribution >= 4 is 27.3 Å². The van der Waals surface area contributed by atoms with Gasteiger partial charge in [0.2, 0.25) is 0 Å². The second kappa shape index (κ2) is 9.46. The van der Waals surface area contributed by atoms with Crippen molar-refractivity contribution in [1.82, 2.24) is 24.8 Å². The van der Waals surface area contributed by atoms with Gasteiger partial charge in [-0.05, 0) is 38.4 Å². The van der Waals surface area contributed by atoms with Gasteiger partial charge in [0.1, 0.15) is 5.75 Å². The van der Waals surface area contributed by atoms with Gasteiger partial charge in [-0.15, -0.1) is 0 Å². The Morgan fingerprint density at radius 3 is 2.50 bits per heavy atom. The normalized spacial score (nSPS) is 19.4. The number of likely N-dealkylation sites (tertiary alicyclic amines) is 1. The van der Waals surface area contributed by atoms with Gasteiger partial charge >= 0.3 is 11.8 Å². The van der Waals surface area contributed by atoms with Crippen molar-refractivity contribution in [3.63, 3.8) is 0 Å². The van der Waals surface area contributed by atoms with E-state index in [1.807, 2.05) is 0 Å². The number of likely N-dealkylation sites (N-methyl/N-ethyl adjacent to an activating group) is 1. The van der Waals surface area contributed by atoms with Crippen LogP contribution in [-0.4, -0.2) is 91.5 Å². The van der Waals surface area contributed by atoms with Gasteiger partial charge in [0, 0.05) is 45.3 Å². The van der Waals surface area contributed by atoms with Gasteiger partial charge in [-0.3, -0.25) is 9.69 Å². The number of carbonyl (C=O) groups is 1. The van der Waals surface area contributed by atoms with Crippen LogP contribution in [0.2, 0.25) is 5.02 Å². The maximum absolute atomic E-state index is 12.8. The van der Waals surface area contributed by atoms with Gasteiger partial charge in [-0.1, -0.05) is 28.9 Å². The smallest absolute Gasteiger partial charge is 0.316 e. The average Bonchev–Trinajstić information content (AvgIpc) is 3.21. The number of halogens is 1. The van der Waals surface area contributed by atoms with Crippen molar-refractivity contribution < 1.29 is 17.7 Å². The van der Waals surface area contributed by atoms with E-state index in [1.165, 1.54) is 6.07 Å². The molecule has 9 nitrogen and oxygen atoms in total. The van der Waals surface area contributed by atoms with Crippen LogP contribution in [0.5, 0.6) is 0 Å². The highest BCUT2D eigenvalue weighted by atomic mass is 35.5. The van der Waals surface area contributed by atoms with Crippen molar-refractivity contribution in [2.45, 2.75) is 36.5 Å². The predicted octanol–water partition coefficient (Wildman–Crippen LogP) is 1.86. The molecule has 0 spiro atoms. The van der Waals surface area contributed by atoms with Gasteiger partial charge < -0.3 is 14.3 Å². The van der Waals surface area contributed by atoms with E-state index < -0.39 is 15.6 Å². The molecular formula is C21H28ClN5O4S. The highest BCUT2D eigenvalue weighted by Gasteiger charge is 2.31. The summed E-state index contributed by atoms with van der Waals surface area (Å²) in [5.74, 6) is -1.07. The molecule has 174 valence electrons. The first kappa shape index (κ1) is 23.2. The number of hydrogen-bond donors (Lipinski definition) is 0. The van der Waals surface area contributed by atoms with Gasteiger partial charge in [0.05, 0.1) is 9.92 Å². The van der Waals surface area contributed by atoms with Gasteiger partial charge in [0.15, 0.2) is 15.7 Å². The SMILES string of the molecule is Cc1cccc(Cl)c1S(=O)(=O)Cc1noc(C(=O)N2CCC(N3CCN(C)CC3)CC2)n1. The van der Waals surface area contributed by atoms with E-state index in [0.717, 1.165) is 39.0 Å². The number of piperazine rings is 1. The van der Waals surface area contributed by atoms with Crippen LogP contribution in [0.4, 0.5) is 0 Å². The molecule has 0 radical (unpaired) electrons. The number of amides is 1. The van der Waals surface area contributed by atoms with Gasteiger partial charge in [-0.25, -0.2) is 8.42 Å². The molecule has 0 atom stereocenters. The van der Waals surface area contributed by atoms with E-state index in [2.05, 4.69) is 27.0 Å². The lowest BCUT2D eigenvalue weighted by Crippen LogP contribution is -2.53. The Hall–Kier alpha value is -2.01. The zero-order valence-electron chi connectivity index (χ0n) is 18.3. The molecule has 0 saturated carbocycles. The van der Waals surface area contributed by atoms with E-state index in [9.17, 15) is 13.2 Å². The third-order valence-electron chi connectivity index (χ3n) is 6.25. The molecule has 2 aliphatic rings. The number of rotatable bonds is 5. The molecule has 0 unspecified atom stereocenters. The lowest BCUT2D eigenvalue weighted by Gasteiger charge is -2.41. The first-order valence-corrected chi connectivity index (χ1v) is 12.8. The molecule has 1 aromatic carbocycles. The maximum Gasteiger partial charge on any atom is 0.316 e. The van der Waals surface area contributed by atoms with Crippen molar-refractivity contribution in [3.8, 4) is 0 Å². The Balaban J connectivity index is 1.37. The van der Waals surface area contributed by atoms with Crippen molar-refractivity contribution in [3.05, 3.63) is 40.5 Å². The molecule has 4 rings (SSSR count). The molecular weight excluding hydrogens is 454 g/mol. The number of hydrogen-bond acceptors (Lipinski definition) is 8. The molecule has 2 aliphatic heterocycles. The Morgan fingerprint density at radius 2 is 1.84 bits per heavy atom. The van der Waals surface area contributed by atoms with E-state index in [-0.39, 0.29) is 27.5 Å². The fraction of sp³-hybridized carbons (Fsp3) is 0.571. The number of aromatic nitrogens is 2. The van der Waals surface area contributed by atoms with E-state index in [0.29, 0.717) is 24.7 Å². The fourth-order valence-corrected chi connectivity index (χ4v) is 6.51. The summed E-state index contributed by atoms with van der Waals surface area (Å²) < 4.78 is 30.8. The standard InChI is InChI=1S/C21H28ClN5O4S/c1-15-4-3-5-17(22)19(15)32(29,30)14-18-23-20(31-24-18)21(28)27-8-6-16(7-9-27)26-12-10-25(2)11-13-26/h3-5,16H,6-14H2,1-2H3. The fourth-order valence-electron chi connectivity index (χ4n) is 4.41. The van der Waals surface area contributed by atoms with Crippen LogP contribution >= 0.6 is 11.6 Å². The van der Waals surface area contributed by atoms with E-state index in [1.54, 1.807) is 24.0 Å². The summed E-state index contributed by atoms with van der Waals surface area (Å²) in [5, 5.41) is 3.88. The van der Waals surface area contributed by atoms with Crippen LogP contribution in [0.15, 0.2) is 27.6 Å². The van der Waals surface area contributed by atoms with E-state index in [4.69, 9.17) is 16.1 Å². The van der Waals surface area contributed by atoms with Gasteiger partial charge in [0.25, 0.3) is 0 Å². The van der Waals surface area contributed by atoms with Gasteiger partial charge in [-0.2, -0.15) is 4.98 Å². The second-order valence-electron chi connectivity index (χ2n) is 8.52. The first-order chi connectivity index (χ1) is 15.2. The Morgan fingerprint density at radius 1 is 1.16 bits per heavy atom. The van der Waals surface area contributed by atoms with Crippen LogP contribution in [0.1, 0.15) is 34.9 Å². The molecule has 1 amide bonds. The summed E-state index contributed by atoms with van der Waals surface area (Å²) in [6.07, 6.45) is 1.80. The summed E-state index contributed by atoms with van der Waals surface area (Å²) in [4.78, 5) is 23.5. The molecule has 2 fully saturated rings. The number of sulfone groups is 1. The van der Waals surface area contributed by atoms with Crippen molar-refractivity contribution in [1.29, 1.82) is 0 Å². The molecule has 32 heavy (non-hydrogen) atoms. The molecule has 0 aliphatic carbocycles. The summed E-state index contributed by atoms with van der Waals surface area (Å²) in [6.45, 7) is 7.16. The summed E-state index contributed by atoms with van der Waals surface area (Å²) in [6, 6.07) is 5.37. The highest BCUT2D eigenvalue weighted by molar-refractivity contribution is 7.90. The first-order valence-electron chi connectivity index (χ1n) is 10.8. The quantitative estimate of drug-likeness (QED) is 0.638. The predicted molar refractivity (Wildman–Crippen MR) is 119 cm³/mol. The monoisotopic (exact) mass is 481 g/mol. The Bertz CT molecular complexity index is 1050. The maximum atomic E-state index is 12.8. The van der Waals surface area contributed by atoms with E-state index >= 15 is 0 Å². The van der Waals surface area contributed by atoms with Crippen LogP contribution in [0, 0.1) is 6.92 Å². The second-order valence-corrected chi connectivity index (χ2v) is 10.9. The van der Waals surface area contributed by atoms with Crippen LogP contribution in [0.25, 0.3) is 0 Å². The third-order valence-corrected chi connectivity index (χ3v) is 8.48. The summed E-state index contributed by atoms with van der Waals surface area (Å²) >= 11 is 6.10. The summed E-state index contributed by atoms with van der Waals surface area (Å²) in [7, 11) is -1.65. The summed E-state index contributed by atoms with van der Waals surface area (Å²) in [5.41, 5.74) is 0.542. The van der Waals surface area contributed by atoms with Crippen molar-refractivity contribution in [2.75, 3.05) is 46.3 Å². The minimum Gasteiger partial charge on any atom is -0.334 e. The average molecular weight is 482 g/mol. The minimum absolute atomic E-state index is 0.0466. The molecule has 1 aromatic heterocycles. The molecule has 2 aromatic rings. The largest absolute Gasteiger partial charge is 0.334 e. The third kappa shape index (κ3) is 4.98. The number of piperidine rings is 1. The number of benzene rings is 1. The lowest BCUT2D eigenvalue weighted by atomic mass is 10.0. The lowest BCUT2D eigenvalue weighted by molar-refractivity contribution is 0.0485. The zero-order chi connectivity index (χ0) is 22.9. The molecule has 3 heterocycles. The number of nitrogens with zero attached hydrogens (tertiary/aromatic N) is 5. The minimum atomic E-state index is -3.79. The molecule has 0 N–H and O–H groups in total. The number of aryl methyl sites for hydroxylation is 1.